The first-order valence-electron chi connectivity index (χ1n) is 6.90. The summed E-state index contributed by atoms with van der Waals surface area (Å²) in [4.78, 5) is 27.7. The number of aldehydes is 1. The molecule has 0 aliphatic heterocycles. The van der Waals surface area contributed by atoms with Gasteiger partial charge in [0.05, 0.1) is 11.3 Å². The summed E-state index contributed by atoms with van der Waals surface area (Å²) in [7, 11) is 0. The summed E-state index contributed by atoms with van der Waals surface area (Å²) in [6.07, 6.45) is 4.39. The average molecular weight is 289 g/mol. The molecule has 1 aromatic carbocycles. The van der Waals surface area contributed by atoms with Gasteiger partial charge in [0.2, 0.25) is 0 Å². The summed E-state index contributed by atoms with van der Waals surface area (Å²) in [6.45, 7) is 0. The predicted molar refractivity (Wildman–Crippen MR) is 80.5 cm³/mol. The van der Waals surface area contributed by atoms with Crippen molar-refractivity contribution in [2.45, 2.75) is 6.42 Å². The number of rotatable bonds is 3. The van der Waals surface area contributed by atoms with Gasteiger partial charge >= 0.3 is 0 Å². The van der Waals surface area contributed by atoms with Crippen molar-refractivity contribution in [3.63, 3.8) is 0 Å². The van der Waals surface area contributed by atoms with E-state index in [1.165, 1.54) is 0 Å². The number of hydrogen-bond donors (Lipinski definition) is 1. The zero-order valence-corrected chi connectivity index (χ0v) is 11.5. The van der Waals surface area contributed by atoms with E-state index in [4.69, 9.17) is 0 Å². The molecule has 1 N–H and O–H groups in total. The third-order valence-corrected chi connectivity index (χ3v) is 3.90. The number of carbonyl (C=O) groups excluding carboxylic acids is 2. The average Bonchev–Trinajstić information content (AvgIpc) is 3.10. The highest BCUT2D eigenvalue weighted by Crippen LogP contribution is 2.41. The van der Waals surface area contributed by atoms with Gasteiger partial charge in [0.25, 0.3) is 0 Å². The van der Waals surface area contributed by atoms with Crippen LogP contribution in [-0.2, 0) is 11.2 Å². The van der Waals surface area contributed by atoms with Crippen LogP contribution in [-0.4, -0.2) is 27.3 Å². The third-order valence-electron chi connectivity index (χ3n) is 3.90. The second kappa shape index (κ2) is 4.73. The molecule has 3 aromatic rings. The number of benzene rings is 1. The number of carbonyl (C=O) groups is 2. The number of fused-ring (bicyclic) bond motifs is 3. The lowest BCUT2D eigenvalue weighted by atomic mass is 9.99. The number of nitrogens with one attached hydrogen (secondary N) is 1. The lowest BCUT2D eigenvalue weighted by molar-refractivity contribution is -0.107. The highest BCUT2D eigenvalue weighted by molar-refractivity contribution is 6.24. The van der Waals surface area contributed by atoms with Gasteiger partial charge in [-0.2, -0.15) is 5.10 Å². The standard InChI is InChI=1S/C17H11N3O2/c21-9-6-10-2-1-3-12-13(10)17(22)14-15(19-20-16(12)14)11-4-7-18-8-5-11/h1-5,7-9H,6H2,(H,19,20). The minimum absolute atomic E-state index is 0.0805. The Hall–Kier alpha value is -3.08. The summed E-state index contributed by atoms with van der Waals surface area (Å²) in [5, 5.41) is 7.25. The Balaban J connectivity index is 1.93. The van der Waals surface area contributed by atoms with Gasteiger partial charge in [-0.15, -0.1) is 0 Å². The zero-order chi connectivity index (χ0) is 15.1. The van der Waals surface area contributed by atoms with Crippen LogP contribution in [0.2, 0.25) is 0 Å². The Morgan fingerprint density at radius 3 is 2.68 bits per heavy atom. The predicted octanol–water partition coefficient (Wildman–Crippen LogP) is 2.42. The van der Waals surface area contributed by atoms with E-state index in [1.807, 2.05) is 30.3 Å². The van der Waals surface area contributed by atoms with Crippen molar-refractivity contribution >= 4 is 12.1 Å². The highest BCUT2D eigenvalue weighted by atomic mass is 16.1. The molecule has 0 bridgehead atoms. The number of ketones is 1. The van der Waals surface area contributed by atoms with Crippen molar-refractivity contribution in [1.29, 1.82) is 0 Å². The van der Waals surface area contributed by atoms with Crippen LogP contribution in [0.1, 0.15) is 21.5 Å². The first-order chi connectivity index (χ1) is 10.8. The maximum atomic E-state index is 12.8. The molecule has 0 radical (unpaired) electrons. The number of aromatic nitrogens is 3. The van der Waals surface area contributed by atoms with Crippen molar-refractivity contribution in [3.8, 4) is 22.5 Å². The number of pyridine rings is 1. The zero-order valence-electron chi connectivity index (χ0n) is 11.5. The topological polar surface area (TPSA) is 75.7 Å². The molecule has 1 aliphatic rings. The first-order valence-corrected chi connectivity index (χ1v) is 6.90. The lowest BCUT2D eigenvalue weighted by Gasteiger charge is -2.04. The van der Waals surface area contributed by atoms with Crippen LogP contribution in [0.25, 0.3) is 22.5 Å². The summed E-state index contributed by atoms with van der Waals surface area (Å²) in [5.74, 6) is -0.0805. The molecule has 0 saturated heterocycles. The summed E-state index contributed by atoms with van der Waals surface area (Å²) in [5.41, 5.74) is 4.92. The quantitative estimate of drug-likeness (QED) is 0.588. The molecule has 5 nitrogen and oxygen atoms in total. The molecule has 0 unspecified atom stereocenters. The molecule has 5 heteroatoms. The monoisotopic (exact) mass is 289 g/mol. The Labute approximate surface area is 126 Å². The van der Waals surface area contributed by atoms with E-state index in [1.54, 1.807) is 12.4 Å². The van der Waals surface area contributed by atoms with E-state index in [0.29, 0.717) is 16.8 Å². The van der Waals surface area contributed by atoms with Crippen LogP contribution in [0.15, 0.2) is 42.7 Å². The molecule has 0 fully saturated rings. The Morgan fingerprint density at radius 1 is 1.09 bits per heavy atom. The van der Waals surface area contributed by atoms with Crippen molar-refractivity contribution in [3.05, 3.63) is 59.4 Å². The summed E-state index contributed by atoms with van der Waals surface area (Å²) >= 11 is 0. The van der Waals surface area contributed by atoms with Gasteiger partial charge < -0.3 is 4.79 Å². The first kappa shape index (κ1) is 12.6. The fraction of sp³-hybridized carbons (Fsp3) is 0.0588. The van der Waals surface area contributed by atoms with E-state index in [9.17, 15) is 9.59 Å². The second-order valence-electron chi connectivity index (χ2n) is 5.10. The van der Waals surface area contributed by atoms with Gasteiger partial charge in [-0.25, -0.2) is 0 Å². The van der Waals surface area contributed by atoms with E-state index in [-0.39, 0.29) is 12.2 Å². The van der Waals surface area contributed by atoms with Crippen LogP contribution in [0, 0.1) is 0 Å². The fourth-order valence-corrected chi connectivity index (χ4v) is 2.94. The van der Waals surface area contributed by atoms with Gasteiger partial charge in [-0.05, 0) is 17.7 Å². The number of H-pyrrole nitrogens is 1. The largest absolute Gasteiger partial charge is 0.303 e. The van der Waals surface area contributed by atoms with Gasteiger partial charge in [-0.3, -0.25) is 14.9 Å². The number of nitrogens with zero attached hydrogens (tertiary/aromatic N) is 2. The van der Waals surface area contributed by atoms with Gasteiger partial charge in [-0.1, -0.05) is 18.2 Å². The Bertz CT molecular complexity index is 898. The number of hydrogen-bond acceptors (Lipinski definition) is 4. The normalized spacial score (nSPS) is 12.1. The second-order valence-corrected chi connectivity index (χ2v) is 5.10. The smallest absolute Gasteiger partial charge is 0.198 e. The molecule has 0 saturated carbocycles. The molecule has 2 aromatic heterocycles. The van der Waals surface area contributed by atoms with Crippen molar-refractivity contribution in [2.24, 2.45) is 0 Å². The molecule has 4 rings (SSSR count). The molecule has 0 spiro atoms. The lowest BCUT2D eigenvalue weighted by Crippen LogP contribution is -2.03. The van der Waals surface area contributed by atoms with Gasteiger partial charge in [0.1, 0.15) is 12.0 Å². The SMILES string of the molecule is O=CCc1cccc2c1C(=O)c1c(-c3ccncc3)n[nH]c1-2. The van der Waals surface area contributed by atoms with Gasteiger partial charge in [0, 0.05) is 35.5 Å². The van der Waals surface area contributed by atoms with Crippen LogP contribution >= 0.6 is 0 Å². The third kappa shape index (κ3) is 1.65. The van der Waals surface area contributed by atoms with Crippen LogP contribution in [0.3, 0.4) is 0 Å². The highest BCUT2D eigenvalue weighted by Gasteiger charge is 2.34. The van der Waals surface area contributed by atoms with E-state index >= 15 is 0 Å². The maximum absolute atomic E-state index is 12.8. The molecule has 0 amide bonds. The van der Waals surface area contributed by atoms with Crippen LogP contribution < -0.4 is 0 Å². The van der Waals surface area contributed by atoms with Crippen LogP contribution in [0.5, 0.6) is 0 Å². The minimum atomic E-state index is -0.0805. The van der Waals surface area contributed by atoms with Crippen LogP contribution in [0.4, 0.5) is 0 Å². The molecular formula is C17H11N3O2. The van der Waals surface area contributed by atoms with E-state index in [2.05, 4.69) is 15.2 Å². The minimum Gasteiger partial charge on any atom is -0.303 e. The molecule has 106 valence electrons. The fourth-order valence-electron chi connectivity index (χ4n) is 2.94. The van der Waals surface area contributed by atoms with Crippen molar-refractivity contribution in [1.82, 2.24) is 15.2 Å². The maximum Gasteiger partial charge on any atom is 0.198 e. The van der Waals surface area contributed by atoms with E-state index in [0.717, 1.165) is 28.7 Å². The van der Waals surface area contributed by atoms with Crippen molar-refractivity contribution in [2.75, 3.05) is 0 Å². The molecule has 22 heavy (non-hydrogen) atoms. The molecule has 1 aliphatic carbocycles. The Kier molecular flexibility index (Phi) is 2.72. The molecule has 0 atom stereocenters. The van der Waals surface area contributed by atoms with Crippen molar-refractivity contribution < 1.29 is 9.59 Å². The summed E-state index contributed by atoms with van der Waals surface area (Å²) in [6, 6.07) is 9.18. The number of aromatic amines is 1. The Morgan fingerprint density at radius 2 is 1.91 bits per heavy atom. The van der Waals surface area contributed by atoms with Gasteiger partial charge in [0.15, 0.2) is 5.78 Å². The van der Waals surface area contributed by atoms with E-state index < -0.39 is 0 Å². The molecule has 2 heterocycles. The summed E-state index contributed by atoms with van der Waals surface area (Å²) < 4.78 is 0. The molecular weight excluding hydrogens is 278 g/mol.